The van der Waals surface area contributed by atoms with Crippen LogP contribution >= 0.6 is 12.2 Å². The van der Waals surface area contributed by atoms with Crippen LogP contribution in [0.2, 0.25) is 0 Å². The Morgan fingerprint density at radius 1 is 1.00 bits per heavy atom. The molecule has 0 spiro atoms. The highest BCUT2D eigenvalue weighted by molar-refractivity contribution is 7.80. The monoisotopic (exact) mass is 314 g/mol. The number of ketones is 1. The van der Waals surface area contributed by atoms with Crippen LogP contribution in [0.4, 0.5) is 11.4 Å². The van der Waals surface area contributed by atoms with Crippen molar-refractivity contribution < 1.29 is 14.3 Å². The highest BCUT2D eigenvalue weighted by atomic mass is 32.1. The number of carbonyl (C=O) groups excluding carboxylic acids is 1. The van der Waals surface area contributed by atoms with Gasteiger partial charge in [0.2, 0.25) is 6.79 Å². The lowest BCUT2D eigenvalue weighted by Crippen LogP contribution is -2.19. The molecule has 0 saturated carbocycles. The first-order valence-electron chi connectivity index (χ1n) is 6.70. The highest BCUT2D eigenvalue weighted by Crippen LogP contribution is 2.34. The molecular formula is C16H14N2O3S. The molecule has 0 aliphatic carbocycles. The molecule has 2 aromatic carbocycles. The fourth-order valence-electron chi connectivity index (χ4n) is 2.06. The molecule has 0 bridgehead atoms. The summed E-state index contributed by atoms with van der Waals surface area (Å²) < 4.78 is 10.6. The summed E-state index contributed by atoms with van der Waals surface area (Å²) in [6, 6.07) is 12.7. The molecule has 0 unspecified atom stereocenters. The molecule has 1 aliphatic heterocycles. The lowest BCUT2D eigenvalue weighted by Gasteiger charge is -2.11. The van der Waals surface area contributed by atoms with E-state index in [1.807, 2.05) is 30.3 Å². The van der Waals surface area contributed by atoms with Gasteiger partial charge in [0.25, 0.3) is 0 Å². The van der Waals surface area contributed by atoms with Crippen molar-refractivity contribution in [3.8, 4) is 11.5 Å². The molecule has 0 aromatic heterocycles. The Hall–Kier alpha value is -2.60. The maximum Gasteiger partial charge on any atom is 0.231 e. The van der Waals surface area contributed by atoms with Crippen LogP contribution in [0.5, 0.6) is 11.5 Å². The first-order valence-corrected chi connectivity index (χ1v) is 7.11. The molecule has 22 heavy (non-hydrogen) atoms. The number of carbonyl (C=O) groups is 1. The maximum atomic E-state index is 11.2. The van der Waals surface area contributed by atoms with E-state index in [-0.39, 0.29) is 12.6 Å². The van der Waals surface area contributed by atoms with E-state index in [0.29, 0.717) is 16.4 Å². The molecule has 6 heteroatoms. The van der Waals surface area contributed by atoms with Crippen molar-refractivity contribution in [2.45, 2.75) is 6.92 Å². The molecular weight excluding hydrogens is 300 g/mol. The highest BCUT2D eigenvalue weighted by Gasteiger charge is 2.13. The lowest BCUT2D eigenvalue weighted by molar-refractivity contribution is 0.101. The Kier molecular flexibility index (Phi) is 3.93. The zero-order valence-corrected chi connectivity index (χ0v) is 12.7. The molecule has 2 aromatic rings. The number of ether oxygens (including phenoxy) is 2. The molecule has 0 saturated heterocycles. The average Bonchev–Trinajstić information content (AvgIpc) is 2.95. The number of hydrogen-bond donors (Lipinski definition) is 2. The zero-order chi connectivity index (χ0) is 15.5. The number of anilines is 2. The second kappa shape index (κ2) is 6.03. The number of fused-ring (bicyclic) bond motifs is 1. The molecule has 0 atom stereocenters. The number of hydrogen-bond acceptors (Lipinski definition) is 4. The van der Waals surface area contributed by atoms with Gasteiger partial charge in [-0.1, -0.05) is 0 Å². The molecule has 0 radical (unpaired) electrons. The van der Waals surface area contributed by atoms with Gasteiger partial charge in [-0.15, -0.1) is 0 Å². The van der Waals surface area contributed by atoms with Gasteiger partial charge in [-0.2, -0.15) is 0 Å². The van der Waals surface area contributed by atoms with Crippen molar-refractivity contribution in [1.82, 2.24) is 0 Å². The Morgan fingerprint density at radius 3 is 2.36 bits per heavy atom. The van der Waals surface area contributed by atoms with E-state index in [0.717, 1.165) is 17.1 Å². The predicted molar refractivity (Wildman–Crippen MR) is 88.9 cm³/mol. The predicted octanol–water partition coefficient (Wildman–Crippen LogP) is 3.43. The van der Waals surface area contributed by atoms with Crippen LogP contribution < -0.4 is 20.1 Å². The van der Waals surface area contributed by atoms with Crippen molar-refractivity contribution in [3.63, 3.8) is 0 Å². The van der Waals surface area contributed by atoms with Crippen LogP contribution in [0.15, 0.2) is 42.5 Å². The van der Waals surface area contributed by atoms with Gasteiger partial charge in [0.1, 0.15) is 0 Å². The van der Waals surface area contributed by atoms with Gasteiger partial charge in [0.15, 0.2) is 22.4 Å². The van der Waals surface area contributed by atoms with Crippen LogP contribution in [0.1, 0.15) is 17.3 Å². The van der Waals surface area contributed by atoms with E-state index in [9.17, 15) is 4.79 Å². The molecule has 0 fully saturated rings. The van der Waals surface area contributed by atoms with Crippen LogP contribution in [-0.4, -0.2) is 17.7 Å². The van der Waals surface area contributed by atoms with Crippen LogP contribution in [-0.2, 0) is 0 Å². The van der Waals surface area contributed by atoms with Crippen molar-refractivity contribution >= 4 is 34.5 Å². The summed E-state index contributed by atoms with van der Waals surface area (Å²) in [4.78, 5) is 11.2. The van der Waals surface area contributed by atoms with Crippen molar-refractivity contribution in [2.24, 2.45) is 0 Å². The summed E-state index contributed by atoms with van der Waals surface area (Å²) in [6.07, 6.45) is 0. The summed E-state index contributed by atoms with van der Waals surface area (Å²) in [5.41, 5.74) is 2.28. The third-order valence-corrected chi connectivity index (χ3v) is 3.38. The van der Waals surface area contributed by atoms with E-state index >= 15 is 0 Å². The number of thiocarbonyl (C=S) groups is 1. The van der Waals surface area contributed by atoms with Crippen molar-refractivity contribution in [3.05, 3.63) is 48.0 Å². The molecule has 1 aliphatic rings. The van der Waals surface area contributed by atoms with Gasteiger partial charge < -0.3 is 20.1 Å². The van der Waals surface area contributed by atoms with Crippen molar-refractivity contribution in [1.29, 1.82) is 0 Å². The van der Waals surface area contributed by atoms with Gasteiger partial charge >= 0.3 is 0 Å². The standard InChI is InChI=1S/C16H14N2O3S/c1-10(19)11-2-4-12(5-3-11)17-16(22)18-13-6-7-14-15(8-13)21-9-20-14/h2-8H,9H2,1H3,(H2,17,18,22). The van der Waals surface area contributed by atoms with Gasteiger partial charge in [0.05, 0.1) is 0 Å². The third kappa shape index (κ3) is 3.17. The average molecular weight is 314 g/mol. The third-order valence-electron chi connectivity index (χ3n) is 3.18. The Balaban J connectivity index is 1.63. The van der Waals surface area contributed by atoms with E-state index in [4.69, 9.17) is 21.7 Å². The van der Waals surface area contributed by atoms with Crippen LogP contribution in [0, 0.1) is 0 Å². The second-order valence-electron chi connectivity index (χ2n) is 4.78. The van der Waals surface area contributed by atoms with Gasteiger partial charge in [-0.3, -0.25) is 4.79 Å². The first-order chi connectivity index (χ1) is 10.6. The topological polar surface area (TPSA) is 59.6 Å². The fourth-order valence-corrected chi connectivity index (χ4v) is 2.29. The molecule has 5 nitrogen and oxygen atoms in total. The number of nitrogens with one attached hydrogen (secondary N) is 2. The molecule has 3 rings (SSSR count). The molecule has 2 N–H and O–H groups in total. The normalized spacial score (nSPS) is 11.9. The Bertz CT molecular complexity index is 729. The molecule has 112 valence electrons. The minimum atomic E-state index is 0.0348. The summed E-state index contributed by atoms with van der Waals surface area (Å²) in [7, 11) is 0. The summed E-state index contributed by atoms with van der Waals surface area (Å²) in [5, 5.41) is 6.59. The number of benzene rings is 2. The Labute approximate surface area is 133 Å². The maximum absolute atomic E-state index is 11.2. The number of Topliss-reactive ketones (excluding diaryl/α,β-unsaturated/α-hetero) is 1. The molecule has 0 amide bonds. The van der Waals surface area contributed by atoms with Crippen LogP contribution in [0.25, 0.3) is 0 Å². The van der Waals surface area contributed by atoms with Crippen LogP contribution in [0.3, 0.4) is 0 Å². The van der Waals surface area contributed by atoms with Gasteiger partial charge in [-0.05, 0) is 55.5 Å². The van der Waals surface area contributed by atoms with Gasteiger partial charge in [0, 0.05) is 23.0 Å². The molecule has 1 heterocycles. The first kappa shape index (κ1) is 14.3. The second-order valence-corrected chi connectivity index (χ2v) is 5.19. The minimum absolute atomic E-state index is 0.0348. The fraction of sp³-hybridized carbons (Fsp3) is 0.125. The van der Waals surface area contributed by atoms with E-state index in [2.05, 4.69) is 10.6 Å². The SMILES string of the molecule is CC(=O)c1ccc(NC(=S)Nc2ccc3c(c2)OCO3)cc1. The largest absolute Gasteiger partial charge is 0.454 e. The quantitative estimate of drug-likeness (QED) is 0.668. The van der Waals surface area contributed by atoms with Gasteiger partial charge in [-0.25, -0.2) is 0 Å². The number of rotatable bonds is 3. The summed E-state index contributed by atoms with van der Waals surface area (Å²) in [6.45, 7) is 1.78. The smallest absolute Gasteiger partial charge is 0.231 e. The van der Waals surface area contributed by atoms with E-state index in [1.165, 1.54) is 6.92 Å². The van der Waals surface area contributed by atoms with E-state index < -0.39 is 0 Å². The lowest BCUT2D eigenvalue weighted by atomic mass is 10.1. The Morgan fingerprint density at radius 2 is 1.64 bits per heavy atom. The minimum Gasteiger partial charge on any atom is -0.454 e. The summed E-state index contributed by atoms with van der Waals surface area (Å²) in [5.74, 6) is 1.45. The summed E-state index contributed by atoms with van der Waals surface area (Å²) >= 11 is 5.27. The van der Waals surface area contributed by atoms with Crippen molar-refractivity contribution in [2.75, 3.05) is 17.4 Å². The van der Waals surface area contributed by atoms with E-state index in [1.54, 1.807) is 12.1 Å². The zero-order valence-electron chi connectivity index (χ0n) is 11.9.